The Kier molecular flexibility index (Phi) is 5.20. The summed E-state index contributed by atoms with van der Waals surface area (Å²) in [5.74, 6) is -0.390. The Bertz CT molecular complexity index is 548. The topological polar surface area (TPSA) is 84.2 Å². The van der Waals surface area contributed by atoms with Gasteiger partial charge in [-0.1, -0.05) is 18.0 Å². The molecule has 0 bridgehead atoms. The van der Waals surface area contributed by atoms with E-state index in [1.54, 1.807) is 18.2 Å². The van der Waals surface area contributed by atoms with Gasteiger partial charge in [-0.05, 0) is 37.5 Å². The van der Waals surface area contributed by atoms with Crippen molar-refractivity contribution in [3.8, 4) is 0 Å². The Labute approximate surface area is 129 Å². The van der Waals surface area contributed by atoms with Gasteiger partial charge in [0.25, 0.3) is 5.91 Å². The Morgan fingerprint density at radius 1 is 1.33 bits per heavy atom. The zero-order chi connectivity index (χ0) is 15.4. The van der Waals surface area contributed by atoms with Crippen molar-refractivity contribution in [1.29, 1.82) is 0 Å². The van der Waals surface area contributed by atoms with Crippen LogP contribution in [0.3, 0.4) is 0 Å². The fourth-order valence-electron chi connectivity index (χ4n) is 2.62. The van der Waals surface area contributed by atoms with Gasteiger partial charge in [-0.15, -0.1) is 0 Å². The minimum atomic E-state index is -0.282. The normalized spacial score (nSPS) is 21.7. The smallest absolute Gasteiger partial charge is 0.252 e. The minimum Gasteiger partial charge on any atom is -0.355 e. The summed E-state index contributed by atoms with van der Waals surface area (Å²) >= 11 is 5.98. The number of carbonyl (C=O) groups is 2. The van der Waals surface area contributed by atoms with E-state index >= 15 is 0 Å². The first-order valence-electron chi connectivity index (χ1n) is 7.09. The van der Waals surface area contributed by atoms with Crippen LogP contribution >= 0.6 is 11.6 Å². The third-order valence-electron chi connectivity index (χ3n) is 3.79. The van der Waals surface area contributed by atoms with E-state index in [4.69, 9.17) is 17.3 Å². The number of rotatable bonds is 3. The molecule has 0 spiro atoms. The Morgan fingerprint density at radius 3 is 2.76 bits per heavy atom. The first-order chi connectivity index (χ1) is 10.0. The first kappa shape index (κ1) is 15.8. The molecule has 0 saturated heterocycles. The summed E-state index contributed by atoms with van der Waals surface area (Å²) < 4.78 is 0. The molecule has 2 rings (SSSR count). The maximum atomic E-state index is 12.2. The van der Waals surface area contributed by atoms with Crippen molar-refractivity contribution in [3.63, 3.8) is 0 Å². The molecule has 6 heteroatoms. The second kappa shape index (κ2) is 6.91. The van der Waals surface area contributed by atoms with Crippen LogP contribution in [0.5, 0.6) is 0 Å². The maximum Gasteiger partial charge on any atom is 0.252 e. The molecule has 21 heavy (non-hydrogen) atoms. The molecule has 1 saturated carbocycles. The maximum absolute atomic E-state index is 12.2. The van der Waals surface area contributed by atoms with E-state index in [-0.39, 0.29) is 23.8 Å². The zero-order valence-electron chi connectivity index (χ0n) is 12.0. The molecule has 0 aromatic heterocycles. The number of carbonyl (C=O) groups excluding carboxylic acids is 2. The lowest BCUT2D eigenvalue weighted by atomic mass is 9.85. The van der Waals surface area contributed by atoms with Gasteiger partial charge in [0.2, 0.25) is 5.91 Å². The highest BCUT2D eigenvalue weighted by Gasteiger charge is 2.25. The molecule has 1 aliphatic carbocycles. The number of nitrogens with two attached hydrogens (primary N) is 1. The number of amides is 2. The predicted octanol–water partition coefficient (Wildman–Crippen LogP) is 2.16. The summed E-state index contributed by atoms with van der Waals surface area (Å²) in [5.41, 5.74) is 6.82. The summed E-state index contributed by atoms with van der Waals surface area (Å²) in [6.45, 7) is 0. The van der Waals surface area contributed by atoms with Gasteiger partial charge >= 0.3 is 0 Å². The summed E-state index contributed by atoms with van der Waals surface area (Å²) in [7, 11) is 1.54. The lowest BCUT2D eigenvalue weighted by Crippen LogP contribution is -2.34. The van der Waals surface area contributed by atoms with Crippen LogP contribution < -0.4 is 16.4 Å². The van der Waals surface area contributed by atoms with Crippen molar-refractivity contribution in [2.24, 2.45) is 11.7 Å². The van der Waals surface area contributed by atoms with Crippen LogP contribution in [0.2, 0.25) is 5.02 Å². The average Bonchev–Trinajstić information content (AvgIpc) is 2.48. The first-order valence-corrected chi connectivity index (χ1v) is 7.47. The molecule has 2 atom stereocenters. The minimum absolute atomic E-state index is 0.0460. The molecule has 1 aliphatic rings. The fraction of sp³-hybridized carbons (Fsp3) is 0.467. The number of benzene rings is 1. The van der Waals surface area contributed by atoms with Gasteiger partial charge in [-0.2, -0.15) is 0 Å². The highest BCUT2D eigenvalue weighted by molar-refractivity contribution is 6.34. The van der Waals surface area contributed by atoms with Crippen LogP contribution in [0.1, 0.15) is 36.0 Å². The monoisotopic (exact) mass is 309 g/mol. The van der Waals surface area contributed by atoms with Gasteiger partial charge in [0.05, 0.1) is 10.6 Å². The summed E-state index contributed by atoms with van der Waals surface area (Å²) in [5, 5.41) is 5.72. The zero-order valence-corrected chi connectivity index (χ0v) is 12.7. The van der Waals surface area contributed by atoms with Gasteiger partial charge in [-0.3, -0.25) is 9.59 Å². The third-order valence-corrected chi connectivity index (χ3v) is 4.12. The molecule has 1 aromatic carbocycles. The van der Waals surface area contributed by atoms with E-state index in [0.29, 0.717) is 22.7 Å². The number of halogens is 1. The number of anilines is 1. The Hall–Kier alpha value is -1.59. The molecule has 4 N–H and O–H groups in total. The molecular weight excluding hydrogens is 290 g/mol. The highest BCUT2D eigenvalue weighted by Crippen LogP contribution is 2.26. The molecule has 1 fully saturated rings. The van der Waals surface area contributed by atoms with Crippen LogP contribution in [-0.4, -0.2) is 24.9 Å². The molecule has 2 unspecified atom stereocenters. The summed E-state index contributed by atoms with van der Waals surface area (Å²) in [4.78, 5) is 23.9. The summed E-state index contributed by atoms with van der Waals surface area (Å²) in [6.07, 6.45) is 3.52. The molecule has 0 radical (unpaired) electrons. The lowest BCUT2D eigenvalue weighted by Gasteiger charge is -2.25. The van der Waals surface area contributed by atoms with Gasteiger partial charge in [-0.25, -0.2) is 0 Å². The second-order valence-electron chi connectivity index (χ2n) is 5.39. The second-order valence-corrected chi connectivity index (χ2v) is 5.79. The quantitative estimate of drug-likeness (QED) is 0.800. The van der Waals surface area contributed by atoms with Crippen LogP contribution in [0.4, 0.5) is 5.69 Å². The van der Waals surface area contributed by atoms with Gasteiger partial charge in [0.1, 0.15) is 0 Å². The molecule has 0 aliphatic heterocycles. The molecular formula is C15H20ClN3O2. The number of hydrogen-bond donors (Lipinski definition) is 3. The fourth-order valence-corrected chi connectivity index (χ4v) is 2.83. The van der Waals surface area contributed by atoms with Gasteiger partial charge in [0, 0.05) is 24.7 Å². The van der Waals surface area contributed by atoms with Gasteiger partial charge in [0.15, 0.2) is 0 Å². The van der Waals surface area contributed by atoms with E-state index < -0.39 is 0 Å². The summed E-state index contributed by atoms with van der Waals surface area (Å²) in [6, 6.07) is 4.98. The van der Waals surface area contributed by atoms with Crippen LogP contribution in [0.15, 0.2) is 18.2 Å². The predicted molar refractivity (Wildman–Crippen MR) is 83.4 cm³/mol. The molecule has 1 aromatic rings. The number of nitrogens with one attached hydrogen (secondary N) is 2. The molecule has 2 amide bonds. The number of hydrogen-bond acceptors (Lipinski definition) is 3. The van der Waals surface area contributed by atoms with E-state index in [1.807, 2.05) is 0 Å². The van der Waals surface area contributed by atoms with E-state index in [0.717, 1.165) is 19.3 Å². The largest absolute Gasteiger partial charge is 0.355 e. The third kappa shape index (κ3) is 3.95. The van der Waals surface area contributed by atoms with Crippen LogP contribution in [-0.2, 0) is 4.79 Å². The van der Waals surface area contributed by atoms with E-state index in [9.17, 15) is 9.59 Å². The SMILES string of the molecule is CNC(=O)c1cc(NC(=O)C2CCCC(N)C2)ccc1Cl. The van der Waals surface area contributed by atoms with E-state index in [1.165, 1.54) is 7.05 Å². The lowest BCUT2D eigenvalue weighted by molar-refractivity contribution is -0.120. The molecule has 0 heterocycles. The standard InChI is InChI=1S/C15H20ClN3O2/c1-18-15(21)12-8-11(5-6-13(12)16)19-14(20)9-3-2-4-10(17)7-9/h5-6,8-10H,2-4,7,17H2,1H3,(H,18,21)(H,19,20). The van der Waals surface area contributed by atoms with Crippen molar-refractivity contribution >= 4 is 29.1 Å². The van der Waals surface area contributed by atoms with Gasteiger partial charge < -0.3 is 16.4 Å². The van der Waals surface area contributed by atoms with Crippen molar-refractivity contribution in [2.75, 3.05) is 12.4 Å². The van der Waals surface area contributed by atoms with Crippen molar-refractivity contribution in [2.45, 2.75) is 31.7 Å². The average molecular weight is 310 g/mol. The van der Waals surface area contributed by atoms with Crippen LogP contribution in [0.25, 0.3) is 0 Å². The Morgan fingerprint density at radius 2 is 2.10 bits per heavy atom. The van der Waals surface area contributed by atoms with Crippen LogP contribution in [0, 0.1) is 5.92 Å². The molecule has 114 valence electrons. The van der Waals surface area contributed by atoms with E-state index in [2.05, 4.69) is 10.6 Å². The van der Waals surface area contributed by atoms with Crippen molar-refractivity contribution in [1.82, 2.24) is 5.32 Å². The Balaban J connectivity index is 2.08. The molecule has 5 nitrogen and oxygen atoms in total. The highest BCUT2D eigenvalue weighted by atomic mass is 35.5. The van der Waals surface area contributed by atoms with Crippen molar-refractivity contribution < 1.29 is 9.59 Å². The van der Waals surface area contributed by atoms with Crippen molar-refractivity contribution in [3.05, 3.63) is 28.8 Å².